The van der Waals surface area contributed by atoms with E-state index in [1.54, 1.807) is 11.8 Å². The van der Waals surface area contributed by atoms with Gasteiger partial charge in [-0.1, -0.05) is 12.1 Å². The number of para-hydroxylation sites is 1. The third-order valence-corrected chi connectivity index (χ3v) is 5.70. The molecule has 0 aliphatic carbocycles. The molecule has 6 heteroatoms. The summed E-state index contributed by atoms with van der Waals surface area (Å²) >= 11 is 0. The van der Waals surface area contributed by atoms with Crippen LogP contribution in [-0.4, -0.2) is 55.2 Å². The van der Waals surface area contributed by atoms with Gasteiger partial charge < -0.3 is 14.7 Å². The predicted molar refractivity (Wildman–Crippen MR) is 113 cm³/mol. The minimum atomic E-state index is -0.0214. The van der Waals surface area contributed by atoms with Gasteiger partial charge in [-0.25, -0.2) is 0 Å². The lowest BCUT2D eigenvalue weighted by Crippen LogP contribution is -2.49. The number of hydrogen-bond donors (Lipinski definition) is 0. The molecule has 2 saturated heterocycles. The van der Waals surface area contributed by atoms with Gasteiger partial charge in [-0.05, 0) is 49.7 Å². The van der Waals surface area contributed by atoms with E-state index in [1.165, 1.54) is 0 Å². The molecule has 0 aromatic heterocycles. The Hall–Kier alpha value is -3.15. The monoisotopic (exact) mass is 391 g/mol. The van der Waals surface area contributed by atoms with Crippen LogP contribution in [0.5, 0.6) is 0 Å². The Bertz CT molecular complexity index is 931. The fraction of sp³-hybridized carbons (Fsp3) is 0.348. The molecule has 2 aliphatic rings. The van der Waals surface area contributed by atoms with E-state index in [0.29, 0.717) is 37.2 Å². The Balaban J connectivity index is 1.45. The average Bonchev–Trinajstić information content (AvgIpc) is 3.19. The number of Topliss-reactive ketones (excluding diaryl/α,β-unsaturated/α-hetero) is 1. The minimum absolute atomic E-state index is 0.0214. The molecule has 29 heavy (non-hydrogen) atoms. The number of amides is 2. The van der Waals surface area contributed by atoms with Crippen LogP contribution >= 0.6 is 0 Å². The van der Waals surface area contributed by atoms with E-state index in [2.05, 4.69) is 4.90 Å². The number of hydrogen-bond acceptors (Lipinski definition) is 4. The molecule has 0 saturated carbocycles. The van der Waals surface area contributed by atoms with Gasteiger partial charge in [0.1, 0.15) is 0 Å². The van der Waals surface area contributed by atoms with E-state index in [4.69, 9.17) is 0 Å². The molecule has 0 N–H and O–H groups in total. The maximum Gasteiger partial charge on any atom is 0.256 e. The molecule has 0 bridgehead atoms. The standard InChI is InChI=1S/C23H25N3O3/c1-17(27)18-8-10-19(11-9-18)24-13-15-25(16-14-24)23(29)20-5-2-3-6-21(20)26-12-4-7-22(26)28/h2-3,5-6,8-11H,4,7,12-16H2,1H3. The van der Waals surface area contributed by atoms with Crippen LogP contribution in [0.15, 0.2) is 48.5 Å². The number of carbonyl (C=O) groups is 3. The van der Waals surface area contributed by atoms with Gasteiger partial charge >= 0.3 is 0 Å². The van der Waals surface area contributed by atoms with Crippen molar-refractivity contribution in [2.24, 2.45) is 0 Å². The van der Waals surface area contributed by atoms with Crippen molar-refractivity contribution in [3.05, 3.63) is 59.7 Å². The van der Waals surface area contributed by atoms with E-state index < -0.39 is 0 Å². The summed E-state index contributed by atoms with van der Waals surface area (Å²) in [6.07, 6.45) is 1.38. The van der Waals surface area contributed by atoms with Crippen molar-refractivity contribution < 1.29 is 14.4 Å². The first-order valence-corrected chi connectivity index (χ1v) is 10.1. The second-order valence-corrected chi connectivity index (χ2v) is 7.55. The highest BCUT2D eigenvalue weighted by Gasteiger charge is 2.29. The molecular weight excluding hydrogens is 366 g/mol. The zero-order chi connectivity index (χ0) is 20.4. The van der Waals surface area contributed by atoms with Crippen molar-refractivity contribution >= 4 is 29.0 Å². The number of ketones is 1. The van der Waals surface area contributed by atoms with Gasteiger partial charge in [-0.15, -0.1) is 0 Å². The molecule has 0 unspecified atom stereocenters. The van der Waals surface area contributed by atoms with Crippen molar-refractivity contribution in [2.45, 2.75) is 19.8 Å². The van der Waals surface area contributed by atoms with Gasteiger partial charge in [0, 0.05) is 50.4 Å². The van der Waals surface area contributed by atoms with E-state index in [1.807, 2.05) is 53.4 Å². The molecule has 2 aliphatic heterocycles. The van der Waals surface area contributed by atoms with Crippen molar-refractivity contribution in [3.8, 4) is 0 Å². The Kier molecular flexibility index (Phi) is 5.34. The Morgan fingerprint density at radius 2 is 1.55 bits per heavy atom. The normalized spacial score (nSPS) is 17.0. The summed E-state index contributed by atoms with van der Waals surface area (Å²) in [5.74, 6) is 0.123. The molecule has 0 atom stereocenters. The Labute approximate surface area is 170 Å². The van der Waals surface area contributed by atoms with E-state index in [-0.39, 0.29) is 17.6 Å². The van der Waals surface area contributed by atoms with Crippen molar-refractivity contribution in [3.63, 3.8) is 0 Å². The zero-order valence-corrected chi connectivity index (χ0v) is 16.6. The van der Waals surface area contributed by atoms with Crippen LogP contribution < -0.4 is 9.80 Å². The largest absolute Gasteiger partial charge is 0.368 e. The van der Waals surface area contributed by atoms with Crippen molar-refractivity contribution in [1.29, 1.82) is 0 Å². The molecule has 4 rings (SSSR count). The van der Waals surface area contributed by atoms with Crippen LogP contribution in [0.25, 0.3) is 0 Å². The van der Waals surface area contributed by atoms with Crippen molar-refractivity contribution in [2.75, 3.05) is 42.5 Å². The Morgan fingerprint density at radius 3 is 2.17 bits per heavy atom. The van der Waals surface area contributed by atoms with Gasteiger partial charge in [0.15, 0.2) is 5.78 Å². The maximum absolute atomic E-state index is 13.2. The van der Waals surface area contributed by atoms with Gasteiger partial charge in [0.25, 0.3) is 5.91 Å². The molecule has 6 nitrogen and oxygen atoms in total. The molecule has 2 amide bonds. The van der Waals surface area contributed by atoms with Gasteiger partial charge in [0.05, 0.1) is 11.3 Å². The lowest BCUT2D eigenvalue weighted by molar-refractivity contribution is -0.117. The molecule has 150 valence electrons. The number of carbonyl (C=O) groups excluding carboxylic acids is 3. The first-order chi connectivity index (χ1) is 14.0. The lowest BCUT2D eigenvalue weighted by atomic mass is 10.1. The van der Waals surface area contributed by atoms with Crippen LogP contribution in [0, 0.1) is 0 Å². The second-order valence-electron chi connectivity index (χ2n) is 7.55. The predicted octanol–water partition coefficient (Wildman–Crippen LogP) is 2.98. The third-order valence-electron chi connectivity index (χ3n) is 5.70. The highest BCUT2D eigenvalue weighted by Crippen LogP contribution is 2.27. The number of rotatable bonds is 4. The summed E-state index contributed by atoms with van der Waals surface area (Å²) in [5, 5.41) is 0. The SMILES string of the molecule is CC(=O)c1ccc(N2CCN(C(=O)c3ccccc3N3CCCC3=O)CC2)cc1. The summed E-state index contributed by atoms with van der Waals surface area (Å²) in [7, 11) is 0. The molecule has 2 fully saturated rings. The van der Waals surface area contributed by atoms with Crippen LogP contribution in [0.2, 0.25) is 0 Å². The maximum atomic E-state index is 13.2. The molecule has 2 heterocycles. The van der Waals surface area contributed by atoms with Crippen molar-refractivity contribution in [1.82, 2.24) is 4.90 Å². The molecule has 0 spiro atoms. The lowest BCUT2D eigenvalue weighted by Gasteiger charge is -2.36. The average molecular weight is 391 g/mol. The van der Waals surface area contributed by atoms with Crippen LogP contribution in [0.1, 0.15) is 40.5 Å². The molecular formula is C23H25N3O3. The first-order valence-electron chi connectivity index (χ1n) is 10.1. The topological polar surface area (TPSA) is 60.9 Å². The summed E-state index contributed by atoms with van der Waals surface area (Å²) in [6.45, 7) is 4.94. The quantitative estimate of drug-likeness (QED) is 0.752. The number of benzene rings is 2. The first kappa shape index (κ1) is 19.2. The number of nitrogens with zero attached hydrogens (tertiary/aromatic N) is 3. The molecule has 0 radical (unpaired) electrons. The van der Waals surface area contributed by atoms with E-state index in [9.17, 15) is 14.4 Å². The minimum Gasteiger partial charge on any atom is -0.368 e. The number of piperazine rings is 1. The summed E-state index contributed by atoms with van der Waals surface area (Å²) < 4.78 is 0. The second kappa shape index (κ2) is 8.07. The van der Waals surface area contributed by atoms with E-state index >= 15 is 0 Å². The highest BCUT2D eigenvalue weighted by molar-refractivity contribution is 6.05. The smallest absolute Gasteiger partial charge is 0.256 e. The van der Waals surface area contributed by atoms with Gasteiger partial charge in [-0.3, -0.25) is 14.4 Å². The van der Waals surface area contributed by atoms with Crippen LogP contribution in [-0.2, 0) is 4.79 Å². The fourth-order valence-corrected chi connectivity index (χ4v) is 4.04. The highest BCUT2D eigenvalue weighted by atomic mass is 16.2. The fourth-order valence-electron chi connectivity index (χ4n) is 4.04. The number of anilines is 2. The molecule has 2 aromatic carbocycles. The van der Waals surface area contributed by atoms with Gasteiger partial charge in [-0.2, -0.15) is 0 Å². The summed E-state index contributed by atoms with van der Waals surface area (Å²) in [4.78, 5) is 42.6. The Morgan fingerprint density at radius 1 is 0.862 bits per heavy atom. The third kappa shape index (κ3) is 3.88. The van der Waals surface area contributed by atoms with E-state index in [0.717, 1.165) is 30.9 Å². The van der Waals surface area contributed by atoms with Gasteiger partial charge in [0.2, 0.25) is 5.91 Å². The summed E-state index contributed by atoms with van der Waals surface area (Å²) in [5.41, 5.74) is 3.09. The summed E-state index contributed by atoms with van der Waals surface area (Å²) in [6, 6.07) is 15.0. The van der Waals surface area contributed by atoms with Crippen LogP contribution in [0.3, 0.4) is 0 Å². The molecule has 2 aromatic rings. The van der Waals surface area contributed by atoms with Crippen LogP contribution in [0.4, 0.5) is 11.4 Å². The zero-order valence-electron chi connectivity index (χ0n) is 16.6.